The number of amides is 1. The van der Waals surface area contributed by atoms with E-state index in [0.29, 0.717) is 26.8 Å². The summed E-state index contributed by atoms with van der Waals surface area (Å²) < 4.78 is 5.08. The maximum absolute atomic E-state index is 12.9. The Hall–Kier alpha value is -3.38. The molecule has 29 heavy (non-hydrogen) atoms. The van der Waals surface area contributed by atoms with Gasteiger partial charge in [0.1, 0.15) is 17.0 Å². The van der Waals surface area contributed by atoms with Crippen LogP contribution in [-0.4, -0.2) is 48.4 Å². The van der Waals surface area contributed by atoms with Crippen LogP contribution in [0.5, 0.6) is 5.88 Å². The number of aromatic nitrogens is 7. The van der Waals surface area contributed by atoms with Gasteiger partial charge in [0, 0.05) is 34.3 Å². The van der Waals surface area contributed by atoms with Crippen molar-refractivity contribution in [3.63, 3.8) is 0 Å². The number of ether oxygens (including phenoxy) is 1. The van der Waals surface area contributed by atoms with Gasteiger partial charge in [-0.05, 0) is 30.0 Å². The third kappa shape index (κ3) is 4.73. The van der Waals surface area contributed by atoms with Crippen LogP contribution in [-0.2, 0) is 0 Å². The molecular weight excluding hydrogens is 412 g/mol. The van der Waals surface area contributed by atoms with Crippen molar-refractivity contribution in [3.05, 3.63) is 54.7 Å². The zero-order valence-corrected chi connectivity index (χ0v) is 16.6. The van der Waals surface area contributed by atoms with Gasteiger partial charge < -0.3 is 15.0 Å². The summed E-state index contributed by atoms with van der Waals surface area (Å²) in [7, 11) is 1.56. The van der Waals surface area contributed by atoms with E-state index < -0.39 is 0 Å². The highest BCUT2D eigenvalue weighted by molar-refractivity contribution is 7.99. The highest BCUT2D eigenvalue weighted by Gasteiger charge is 2.18. The molecule has 4 aromatic heterocycles. The first-order chi connectivity index (χ1) is 14.2. The molecule has 12 heteroatoms. The first kappa shape index (κ1) is 19.0. The predicted octanol–water partition coefficient (Wildman–Crippen LogP) is 2.88. The molecule has 0 aliphatic heterocycles. The number of aromatic amines is 2. The average Bonchev–Trinajstić information content (AvgIpc) is 3.44. The number of pyridine rings is 2. The van der Waals surface area contributed by atoms with Gasteiger partial charge in [0.2, 0.25) is 5.88 Å². The molecule has 0 radical (unpaired) electrons. The van der Waals surface area contributed by atoms with E-state index in [1.165, 1.54) is 29.9 Å². The van der Waals surface area contributed by atoms with Crippen molar-refractivity contribution in [2.24, 2.45) is 0 Å². The minimum Gasteiger partial charge on any atom is -0.481 e. The monoisotopic (exact) mass is 426 g/mol. The topological polar surface area (TPSA) is 134 Å². The number of nitrogens with zero attached hydrogens (tertiary/aromatic N) is 5. The van der Waals surface area contributed by atoms with Gasteiger partial charge in [-0.1, -0.05) is 11.8 Å². The van der Waals surface area contributed by atoms with Crippen LogP contribution >= 0.6 is 23.5 Å². The summed E-state index contributed by atoms with van der Waals surface area (Å²) in [4.78, 5) is 26.0. The molecule has 0 aliphatic carbocycles. The van der Waals surface area contributed by atoms with Gasteiger partial charge in [-0.25, -0.2) is 9.97 Å². The minimum absolute atomic E-state index is 0.262. The zero-order valence-electron chi connectivity index (χ0n) is 15.0. The van der Waals surface area contributed by atoms with Gasteiger partial charge in [-0.2, -0.15) is 5.10 Å². The number of hydrogen-bond donors (Lipinski definition) is 3. The Labute approximate surface area is 173 Å². The molecule has 3 N–H and O–H groups in total. The normalized spacial score (nSPS) is 10.7. The van der Waals surface area contributed by atoms with E-state index >= 15 is 0 Å². The van der Waals surface area contributed by atoms with Crippen LogP contribution in [0.2, 0.25) is 0 Å². The lowest BCUT2D eigenvalue weighted by Crippen LogP contribution is -2.15. The Kier molecular flexibility index (Phi) is 5.72. The van der Waals surface area contributed by atoms with Crippen LogP contribution in [0.4, 0.5) is 5.82 Å². The Bertz CT molecular complexity index is 1090. The van der Waals surface area contributed by atoms with Crippen LogP contribution in [0.1, 0.15) is 10.5 Å². The molecule has 0 bridgehead atoms. The second-order valence-corrected chi connectivity index (χ2v) is 7.57. The van der Waals surface area contributed by atoms with Crippen LogP contribution in [0.25, 0.3) is 0 Å². The number of nitrogens with one attached hydrogen (secondary N) is 3. The molecule has 4 rings (SSSR count). The quantitative estimate of drug-likeness (QED) is 0.408. The predicted molar refractivity (Wildman–Crippen MR) is 106 cm³/mol. The zero-order chi connectivity index (χ0) is 20.1. The lowest BCUT2D eigenvalue weighted by atomic mass is 10.3. The number of H-pyrrole nitrogens is 2. The molecule has 0 aliphatic rings. The van der Waals surface area contributed by atoms with Crippen molar-refractivity contribution >= 4 is 35.2 Å². The molecule has 4 heterocycles. The van der Waals surface area contributed by atoms with Crippen LogP contribution in [0.3, 0.4) is 0 Å². The van der Waals surface area contributed by atoms with E-state index in [2.05, 4.69) is 40.7 Å². The van der Waals surface area contributed by atoms with Crippen molar-refractivity contribution in [1.29, 1.82) is 0 Å². The molecule has 0 aromatic carbocycles. The highest BCUT2D eigenvalue weighted by Crippen LogP contribution is 2.33. The molecule has 0 spiro atoms. The van der Waals surface area contributed by atoms with E-state index in [9.17, 15) is 4.79 Å². The second kappa shape index (κ2) is 8.75. The number of carbonyl (C=O) groups excluding carboxylic acids is 1. The van der Waals surface area contributed by atoms with Crippen molar-refractivity contribution in [2.75, 3.05) is 12.4 Å². The molecule has 0 saturated heterocycles. The van der Waals surface area contributed by atoms with Crippen molar-refractivity contribution in [3.8, 4) is 5.88 Å². The molecule has 1 amide bonds. The summed E-state index contributed by atoms with van der Waals surface area (Å²) >= 11 is 2.65. The van der Waals surface area contributed by atoms with Gasteiger partial charge in [-0.15, -0.1) is 10.2 Å². The lowest BCUT2D eigenvalue weighted by molar-refractivity contribution is 0.101. The van der Waals surface area contributed by atoms with Crippen LogP contribution in [0.15, 0.2) is 69.0 Å². The Balaban J connectivity index is 1.63. The van der Waals surface area contributed by atoms with Gasteiger partial charge >= 0.3 is 0 Å². The number of rotatable bonds is 7. The maximum Gasteiger partial charge on any atom is 0.276 e. The second-order valence-electron chi connectivity index (χ2n) is 5.44. The molecule has 0 fully saturated rings. The lowest BCUT2D eigenvalue weighted by Gasteiger charge is -2.10. The van der Waals surface area contributed by atoms with E-state index in [0.717, 1.165) is 4.90 Å². The Morgan fingerprint density at radius 2 is 2.10 bits per heavy atom. The summed E-state index contributed by atoms with van der Waals surface area (Å²) in [5.74, 6) is 0.552. The minimum atomic E-state index is -0.374. The highest BCUT2D eigenvalue weighted by atomic mass is 32.2. The van der Waals surface area contributed by atoms with Crippen molar-refractivity contribution in [1.82, 2.24) is 35.3 Å². The first-order valence-electron chi connectivity index (χ1n) is 8.25. The standard InChI is InChI=1S/C17H14N8O2S2/c1-27-13-4-2-10(8-18-13)28-11-3-5-14(29-17-19-9-21-25-17)23-15(11)16(26)22-12-6-7-20-24-12/h2-9H,1H3,(H,19,21,25)(H2,20,22,24,26). The Morgan fingerprint density at radius 3 is 2.79 bits per heavy atom. The summed E-state index contributed by atoms with van der Waals surface area (Å²) in [6.45, 7) is 0. The molecule has 0 saturated carbocycles. The summed E-state index contributed by atoms with van der Waals surface area (Å²) in [5, 5.41) is 18.2. The average molecular weight is 426 g/mol. The SMILES string of the molecule is COc1ccc(Sc2ccc(Sc3nnc[nH]3)nc2C(=O)Nc2cc[nH]n2)cn1. The van der Waals surface area contributed by atoms with E-state index in [1.54, 1.807) is 31.6 Å². The van der Waals surface area contributed by atoms with Gasteiger partial charge in [0.05, 0.1) is 7.11 Å². The van der Waals surface area contributed by atoms with E-state index in [-0.39, 0.29) is 11.6 Å². The molecule has 146 valence electrons. The first-order valence-corrected chi connectivity index (χ1v) is 9.88. The summed E-state index contributed by atoms with van der Waals surface area (Å²) in [6, 6.07) is 8.93. The summed E-state index contributed by atoms with van der Waals surface area (Å²) in [6.07, 6.45) is 4.78. The fourth-order valence-corrected chi connectivity index (χ4v) is 3.79. The van der Waals surface area contributed by atoms with Gasteiger partial charge in [0.25, 0.3) is 5.91 Å². The number of carbonyl (C=O) groups is 1. The molecule has 10 nitrogen and oxygen atoms in total. The molecule has 0 unspecified atom stereocenters. The van der Waals surface area contributed by atoms with Crippen LogP contribution < -0.4 is 10.1 Å². The number of methoxy groups -OCH3 is 1. The van der Waals surface area contributed by atoms with E-state index in [4.69, 9.17) is 4.74 Å². The third-order valence-corrected chi connectivity index (χ3v) is 5.39. The number of anilines is 1. The smallest absolute Gasteiger partial charge is 0.276 e. The van der Waals surface area contributed by atoms with Gasteiger partial charge in [0.15, 0.2) is 11.0 Å². The number of hydrogen-bond acceptors (Lipinski definition) is 9. The third-order valence-electron chi connectivity index (χ3n) is 3.53. The molecule has 4 aromatic rings. The van der Waals surface area contributed by atoms with Gasteiger partial charge in [-0.3, -0.25) is 9.89 Å². The largest absolute Gasteiger partial charge is 0.481 e. The fraction of sp³-hybridized carbons (Fsp3) is 0.0588. The molecule has 0 atom stereocenters. The molecular formula is C17H14N8O2S2. The van der Waals surface area contributed by atoms with Crippen LogP contribution in [0, 0.1) is 0 Å². The van der Waals surface area contributed by atoms with Crippen molar-refractivity contribution in [2.45, 2.75) is 20.0 Å². The van der Waals surface area contributed by atoms with E-state index in [1.807, 2.05) is 18.2 Å². The Morgan fingerprint density at radius 1 is 1.17 bits per heavy atom. The fourth-order valence-electron chi connectivity index (χ4n) is 2.25. The summed E-state index contributed by atoms with van der Waals surface area (Å²) in [5.41, 5.74) is 0.262. The van der Waals surface area contributed by atoms with Crippen molar-refractivity contribution < 1.29 is 9.53 Å². The maximum atomic E-state index is 12.9.